The van der Waals surface area contributed by atoms with Gasteiger partial charge in [0.15, 0.2) is 4.34 Å². The molecule has 0 amide bonds. The Bertz CT molecular complexity index is 1000. The summed E-state index contributed by atoms with van der Waals surface area (Å²) in [5.74, 6) is 0.479. The van der Waals surface area contributed by atoms with Gasteiger partial charge >= 0.3 is 0 Å². The molecular weight excluding hydrogens is 434 g/mol. The zero-order valence-electron chi connectivity index (χ0n) is 15.8. The van der Waals surface area contributed by atoms with Crippen LogP contribution >= 0.6 is 23.1 Å². The summed E-state index contributed by atoms with van der Waals surface area (Å²) in [6.07, 6.45) is 3.25. The molecule has 0 aliphatic carbocycles. The van der Waals surface area contributed by atoms with Gasteiger partial charge in [-0.3, -0.25) is 10.1 Å². The average molecular weight is 456 g/mol. The number of nitro benzene ring substituents is 1. The van der Waals surface area contributed by atoms with Gasteiger partial charge in [-0.25, -0.2) is 8.42 Å². The number of rotatable bonds is 8. The summed E-state index contributed by atoms with van der Waals surface area (Å²) in [4.78, 5) is 11.3. The van der Waals surface area contributed by atoms with E-state index in [1.54, 1.807) is 6.08 Å². The molecule has 0 spiro atoms. The van der Waals surface area contributed by atoms with Crippen molar-refractivity contribution in [2.45, 2.75) is 33.9 Å². The van der Waals surface area contributed by atoms with Crippen LogP contribution in [0.3, 0.4) is 0 Å². The Labute approximate surface area is 177 Å². The van der Waals surface area contributed by atoms with E-state index in [1.165, 1.54) is 27.8 Å². The van der Waals surface area contributed by atoms with E-state index in [0.717, 1.165) is 30.7 Å². The van der Waals surface area contributed by atoms with Gasteiger partial charge in [-0.05, 0) is 42.7 Å². The lowest BCUT2D eigenvalue weighted by Crippen LogP contribution is -2.37. The molecule has 1 N–H and O–H groups in total. The Morgan fingerprint density at radius 2 is 2.14 bits per heavy atom. The summed E-state index contributed by atoms with van der Waals surface area (Å²) >= 11 is 2.33. The van der Waals surface area contributed by atoms with Gasteiger partial charge < -0.3 is 5.32 Å². The van der Waals surface area contributed by atoms with E-state index in [2.05, 4.69) is 29.0 Å². The van der Waals surface area contributed by atoms with Crippen LogP contribution in [0.25, 0.3) is 0 Å². The van der Waals surface area contributed by atoms with Gasteiger partial charge in [-0.2, -0.15) is 4.31 Å². The van der Waals surface area contributed by atoms with Gasteiger partial charge in [0.1, 0.15) is 0 Å². The van der Waals surface area contributed by atoms with Gasteiger partial charge in [-0.1, -0.05) is 24.3 Å². The fourth-order valence-corrected chi connectivity index (χ4v) is 6.13. The lowest BCUT2D eigenvalue weighted by Gasteiger charge is -2.29. The highest BCUT2D eigenvalue weighted by molar-refractivity contribution is 8.01. The Morgan fingerprint density at radius 1 is 1.41 bits per heavy atom. The lowest BCUT2D eigenvalue weighted by atomic mass is 10.0. The number of piperidine rings is 1. The highest BCUT2D eigenvalue weighted by Gasteiger charge is 2.30. The summed E-state index contributed by atoms with van der Waals surface area (Å²) < 4.78 is 27.7. The van der Waals surface area contributed by atoms with E-state index >= 15 is 0 Å². The summed E-state index contributed by atoms with van der Waals surface area (Å²) in [7, 11) is -3.76. The average Bonchev–Trinajstić information content (AvgIpc) is 3.14. The molecule has 1 aromatic heterocycles. The summed E-state index contributed by atoms with van der Waals surface area (Å²) in [6, 6.07) is 4.01. The fraction of sp³-hybridized carbons (Fsp3) is 0.412. The molecule has 1 saturated heterocycles. The van der Waals surface area contributed by atoms with E-state index < -0.39 is 14.9 Å². The number of hydrogen-bond acceptors (Lipinski definition) is 9. The molecule has 29 heavy (non-hydrogen) atoms. The van der Waals surface area contributed by atoms with E-state index in [1.807, 2.05) is 0 Å². The number of nitrogens with zero attached hydrogens (tertiary/aromatic N) is 4. The maximum Gasteiger partial charge on any atom is 0.284 e. The van der Waals surface area contributed by atoms with Crippen LogP contribution in [0, 0.1) is 16.0 Å². The molecule has 1 fully saturated rings. The summed E-state index contributed by atoms with van der Waals surface area (Å²) in [5, 5.41) is 23.1. The highest BCUT2D eigenvalue weighted by atomic mass is 32.2. The molecular formula is C17H21N5O4S3. The molecule has 0 saturated carbocycles. The largest absolute Gasteiger partial charge is 0.357 e. The van der Waals surface area contributed by atoms with Crippen molar-refractivity contribution in [3.8, 4) is 0 Å². The Hall–Kier alpha value is -2.02. The maximum absolute atomic E-state index is 12.9. The molecule has 1 aliphatic heterocycles. The number of nitro groups is 1. The maximum atomic E-state index is 12.9. The first-order chi connectivity index (χ1) is 13.8. The third kappa shape index (κ3) is 5.13. The molecule has 0 atom stereocenters. The van der Waals surface area contributed by atoms with E-state index in [-0.39, 0.29) is 10.6 Å². The second kappa shape index (κ2) is 9.20. The fourth-order valence-electron chi connectivity index (χ4n) is 2.84. The number of hydrogen-bond donors (Lipinski definition) is 1. The van der Waals surface area contributed by atoms with Crippen LogP contribution in [-0.4, -0.2) is 47.5 Å². The summed E-state index contributed by atoms with van der Waals surface area (Å²) in [6.45, 7) is 7.09. The number of aromatic nitrogens is 2. The van der Waals surface area contributed by atoms with Crippen molar-refractivity contribution in [3.05, 3.63) is 41.0 Å². The first kappa shape index (κ1) is 21.7. The van der Waals surface area contributed by atoms with Crippen molar-refractivity contribution in [3.63, 3.8) is 0 Å². The van der Waals surface area contributed by atoms with Crippen molar-refractivity contribution in [1.82, 2.24) is 14.5 Å². The van der Waals surface area contributed by atoms with Gasteiger partial charge in [0.2, 0.25) is 15.2 Å². The second-order valence-electron chi connectivity index (χ2n) is 6.62. The minimum atomic E-state index is -3.76. The smallest absolute Gasteiger partial charge is 0.284 e. The molecule has 0 unspecified atom stereocenters. The quantitative estimate of drug-likeness (QED) is 0.364. The molecule has 1 aliphatic rings. The number of benzene rings is 1. The van der Waals surface area contributed by atoms with Crippen LogP contribution in [0.4, 0.5) is 10.8 Å². The van der Waals surface area contributed by atoms with Crippen molar-refractivity contribution in [2.75, 3.05) is 25.0 Å². The van der Waals surface area contributed by atoms with Crippen molar-refractivity contribution in [2.24, 2.45) is 5.92 Å². The molecule has 156 valence electrons. The zero-order valence-corrected chi connectivity index (χ0v) is 18.2. The van der Waals surface area contributed by atoms with Crippen molar-refractivity contribution >= 4 is 43.9 Å². The number of nitrogens with one attached hydrogen (secondary N) is 1. The van der Waals surface area contributed by atoms with E-state index in [4.69, 9.17) is 0 Å². The summed E-state index contributed by atoms with van der Waals surface area (Å²) in [5.41, 5.74) is -0.266. The number of sulfonamides is 1. The van der Waals surface area contributed by atoms with Crippen LogP contribution in [0.15, 0.2) is 45.0 Å². The topological polar surface area (TPSA) is 118 Å². The van der Waals surface area contributed by atoms with Crippen LogP contribution in [0.1, 0.15) is 19.8 Å². The minimum Gasteiger partial charge on any atom is -0.357 e. The third-order valence-corrected chi connectivity index (χ3v) is 8.40. The van der Waals surface area contributed by atoms with Gasteiger partial charge in [-0.15, -0.1) is 16.8 Å². The SMILES string of the molecule is C=CCNc1nnc(Sc2ccc(S(=O)(=O)N3CCC(C)CC3)cc2[N+](=O)[O-])s1. The molecule has 1 aromatic carbocycles. The van der Waals surface area contributed by atoms with Gasteiger partial charge in [0.25, 0.3) is 5.69 Å². The Morgan fingerprint density at radius 3 is 2.79 bits per heavy atom. The molecule has 9 nitrogen and oxygen atoms in total. The first-order valence-electron chi connectivity index (χ1n) is 8.96. The van der Waals surface area contributed by atoms with Gasteiger partial charge in [0.05, 0.1) is 14.7 Å². The second-order valence-corrected chi connectivity index (χ2v) is 10.8. The first-order valence-corrected chi connectivity index (χ1v) is 12.0. The van der Waals surface area contributed by atoms with Crippen molar-refractivity contribution in [1.29, 1.82) is 0 Å². The molecule has 12 heteroatoms. The standard InChI is InChI=1S/C17H21N5O4S3/c1-3-8-18-16-19-20-17(28-16)27-15-5-4-13(11-14(15)22(23)24)29(25,26)21-9-6-12(2)7-10-21/h3-5,11-12H,1,6-10H2,2H3,(H,18,19). The third-order valence-electron chi connectivity index (χ3n) is 4.51. The molecule has 2 aromatic rings. The molecule has 0 radical (unpaired) electrons. The number of anilines is 1. The predicted octanol–water partition coefficient (Wildman–Crippen LogP) is 3.62. The van der Waals surface area contributed by atoms with Crippen LogP contribution in [-0.2, 0) is 10.0 Å². The lowest BCUT2D eigenvalue weighted by molar-refractivity contribution is -0.388. The van der Waals surface area contributed by atoms with Crippen molar-refractivity contribution < 1.29 is 13.3 Å². The van der Waals surface area contributed by atoms with Gasteiger partial charge in [0, 0.05) is 25.7 Å². The highest BCUT2D eigenvalue weighted by Crippen LogP contribution is 2.38. The molecule has 0 bridgehead atoms. The Balaban J connectivity index is 1.84. The minimum absolute atomic E-state index is 0.0614. The van der Waals surface area contributed by atoms with Crippen LogP contribution < -0.4 is 5.32 Å². The van der Waals surface area contributed by atoms with E-state index in [9.17, 15) is 18.5 Å². The molecule has 3 rings (SSSR count). The van der Waals surface area contributed by atoms with Crippen LogP contribution in [0.5, 0.6) is 0 Å². The molecule has 2 heterocycles. The van der Waals surface area contributed by atoms with Crippen LogP contribution in [0.2, 0.25) is 0 Å². The normalized spacial score (nSPS) is 15.9. The Kier molecular flexibility index (Phi) is 6.88. The van der Waals surface area contributed by atoms with E-state index in [0.29, 0.717) is 39.9 Å². The zero-order chi connectivity index (χ0) is 21.0. The monoisotopic (exact) mass is 455 g/mol. The predicted molar refractivity (Wildman–Crippen MR) is 113 cm³/mol.